The van der Waals surface area contributed by atoms with Gasteiger partial charge in [0.2, 0.25) is 0 Å². The zero-order valence-corrected chi connectivity index (χ0v) is 14.4. The van der Waals surface area contributed by atoms with Crippen LogP contribution in [0.3, 0.4) is 0 Å². The zero-order valence-electron chi connectivity index (χ0n) is 14.4. The van der Waals surface area contributed by atoms with Gasteiger partial charge in [-0.05, 0) is 52.2 Å². The van der Waals surface area contributed by atoms with Crippen molar-refractivity contribution in [3.63, 3.8) is 0 Å². The summed E-state index contributed by atoms with van der Waals surface area (Å²) in [5.41, 5.74) is 7.95. The van der Waals surface area contributed by atoms with Crippen molar-refractivity contribution in [2.24, 2.45) is 5.11 Å². The molecule has 1 rings (SSSR count). The highest BCUT2D eigenvalue weighted by molar-refractivity contribution is 5.68. The summed E-state index contributed by atoms with van der Waals surface area (Å²) in [7, 11) is 0. The van der Waals surface area contributed by atoms with Crippen molar-refractivity contribution in [1.82, 2.24) is 9.80 Å². The Labute approximate surface area is 138 Å². The summed E-state index contributed by atoms with van der Waals surface area (Å²) < 4.78 is 5.43. The molecule has 0 bridgehead atoms. The van der Waals surface area contributed by atoms with Gasteiger partial charge in [-0.25, -0.2) is 4.79 Å². The highest BCUT2D eigenvalue weighted by Crippen LogP contribution is 2.14. The first kappa shape index (κ1) is 19.1. The average Bonchev–Trinajstić information content (AvgIpc) is 2.47. The van der Waals surface area contributed by atoms with Crippen LogP contribution in [0, 0.1) is 12.3 Å². The average molecular weight is 321 g/mol. The molecular weight excluding hydrogens is 294 g/mol. The molecule has 0 unspecified atom stereocenters. The predicted molar refractivity (Wildman–Crippen MR) is 89.9 cm³/mol. The number of likely N-dealkylation sites (tertiary alicyclic amines) is 1. The van der Waals surface area contributed by atoms with Crippen molar-refractivity contribution in [1.29, 1.82) is 0 Å². The van der Waals surface area contributed by atoms with E-state index < -0.39 is 5.60 Å². The van der Waals surface area contributed by atoms with Gasteiger partial charge in [-0.3, -0.25) is 0 Å². The van der Waals surface area contributed by atoms with E-state index in [-0.39, 0.29) is 12.1 Å². The lowest BCUT2D eigenvalue weighted by Crippen LogP contribution is -2.44. The van der Waals surface area contributed by atoms with E-state index >= 15 is 0 Å². The zero-order chi connectivity index (χ0) is 17.3. The number of terminal acetylenes is 1. The van der Waals surface area contributed by atoms with Gasteiger partial charge in [-0.2, -0.15) is 0 Å². The standard InChI is InChI=1S/C16H27N5O2/c1-5-6-9-21(15(22)23-16(2,3)4)13-12-20-10-7-14(8-11-20)18-19-17/h1,14H,6-13H2,2-4H3. The lowest BCUT2D eigenvalue weighted by Gasteiger charge is -2.32. The fourth-order valence-corrected chi connectivity index (χ4v) is 2.41. The number of rotatable bonds is 6. The number of hydrogen-bond donors (Lipinski definition) is 0. The number of carbonyl (C=O) groups excluding carboxylic acids is 1. The molecule has 0 aromatic carbocycles. The summed E-state index contributed by atoms with van der Waals surface area (Å²) in [6.07, 6.45) is 7.22. The Morgan fingerprint density at radius 1 is 1.43 bits per heavy atom. The van der Waals surface area contributed by atoms with Crippen LogP contribution in [0.1, 0.15) is 40.0 Å². The molecule has 128 valence electrons. The molecule has 1 aliphatic rings. The molecule has 1 saturated heterocycles. The van der Waals surface area contributed by atoms with E-state index in [1.54, 1.807) is 4.90 Å². The third-order valence-electron chi connectivity index (χ3n) is 3.64. The van der Waals surface area contributed by atoms with Gasteiger partial charge in [0.05, 0.1) is 0 Å². The van der Waals surface area contributed by atoms with Gasteiger partial charge in [0, 0.05) is 37.0 Å². The van der Waals surface area contributed by atoms with Gasteiger partial charge >= 0.3 is 6.09 Å². The molecular formula is C16H27N5O2. The SMILES string of the molecule is C#CCCN(CCN1CCC(N=[N+]=[N-])CC1)C(=O)OC(C)(C)C. The maximum atomic E-state index is 12.2. The lowest BCUT2D eigenvalue weighted by molar-refractivity contribution is 0.0231. The van der Waals surface area contributed by atoms with Crippen molar-refractivity contribution in [2.45, 2.75) is 51.7 Å². The molecule has 0 radical (unpaired) electrons. The molecule has 0 N–H and O–H groups in total. The normalized spacial score (nSPS) is 16.3. The molecule has 1 amide bonds. The molecule has 0 atom stereocenters. The van der Waals surface area contributed by atoms with E-state index in [2.05, 4.69) is 20.8 Å². The second-order valence-electron chi connectivity index (χ2n) is 6.70. The molecule has 0 spiro atoms. The van der Waals surface area contributed by atoms with Gasteiger partial charge < -0.3 is 14.5 Å². The van der Waals surface area contributed by atoms with Crippen molar-refractivity contribution < 1.29 is 9.53 Å². The van der Waals surface area contributed by atoms with Gasteiger partial charge in [0.25, 0.3) is 0 Å². The minimum absolute atomic E-state index is 0.0969. The van der Waals surface area contributed by atoms with Crippen LogP contribution in [-0.4, -0.2) is 60.3 Å². The first-order valence-corrected chi connectivity index (χ1v) is 8.03. The van der Waals surface area contributed by atoms with Crippen molar-refractivity contribution in [3.05, 3.63) is 10.4 Å². The summed E-state index contributed by atoms with van der Waals surface area (Å²) in [5.74, 6) is 2.56. The van der Waals surface area contributed by atoms with E-state index in [0.717, 1.165) is 32.5 Å². The van der Waals surface area contributed by atoms with E-state index in [9.17, 15) is 4.79 Å². The number of nitrogens with zero attached hydrogens (tertiary/aromatic N) is 5. The minimum atomic E-state index is -0.515. The minimum Gasteiger partial charge on any atom is -0.444 e. The lowest BCUT2D eigenvalue weighted by atomic mass is 10.1. The van der Waals surface area contributed by atoms with Crippen LogP contribution in [0.25, 0.3) is 10.4 Å². The van der Waals surface area contributed by atoms with Gasteiger partial charge in [0.15, 0.2) is 0 Å². The van der Waals surface area contributed by atoms with Crippen LogP contribution in [-0.2, 0) is 4.74 Å². The molecule has 7 nitrogen and oxygen atoms in total. The quantitative estimate of drug-likeness (QED) is 0.326. The highest BCUT2D eigenvalue weighted by atomic mass is 16.6. The van der Waals surface area contributed by atoms with Gasteiger partial charge in [0.1, 0.15) is 5.60 Å². The molecule has 23 heavy (non-hydrogen) atoms. The summed E-state index contributed by atoms with van der Waals surface area (Å²) in [4.78, 5) is 19.0. The Morgan fingerprint density at radius 2 is 2.09 bits per heavy atom. The predicted octanol–water partition coefficient (Wildman–Crippen LogP) is 3.02. The monoisotopic (exact) mass is 321 g/mol. The number of azide groups is 1. The topological polar surface area (TPSA) is 81.5 Å². The van der Waals surface area contributed by atoms with Crippen LogP contribution in [0.4, 0.5) is 4.79 Å². The summed E-state index contributed by atoms with van der Waals surface area (Å²) in [5, 5.41) is 3.77. The van der Waals surface area contributed by atoms with Crippen molar-refractivity contribution in [2.75, 3.05) is 32.7 Å². The first-order valence-electron chi connectivity index (χ1n) is 8.03. The number of carbonyl (C=O) groups is 1. The molecule has 1 heterocycles. The number of ether oxygens (including phenoxy) is 1. The Hall–Kier alpha value is -1.90. The van der Waals surface area contributed by atoms with Crippen molar-refractivity contribution in [3.8, 4) is 12.3 Å². The Bertz CT molecular complexity index is 466. The fraction of sp³-hybridized carbons (Fsp3) is 0.812. The van der Waals surface area contributed by atoms with Crippen molar-refractivity contribution >= 4 is 6.09 Å². The maximum Gasteiger partial charge on any atom is 0.410 e. The van der Waals surface area contributed by atoms with Gasteiger partial charge in [-0.1, -0.05) is 5.11 Å². The van der Waals surface area contributed by atoms with E-state index in [1.165, 1.54) is 0 Å². The second kappa shape index (κ2) is 9.29. The Kier molecular flexibility index (Phi) is 7.73. The fourth-order valence-electron chi connectivity index (χ4n) is 2.41. The largest absolute Gasteiger partial charge is 0.444 e. The summed E-state index contributed by atoms with van der Waals surface area (Å²) in [6, 6.07) is 0.0969. The van der Waals surface area contributed by atoms with Crippen LogP contribution in [0.15, 0.2) is 5.11 Å². The third kappa shape index (κ3) is 7.78. The summed E-state index contributed by atoms with van der Waals surface area (Å²) in [6.45, 7) is 9.17. The molecule has 0 aromatic rings. The Morgan fingerprint density at radius 3 is 2.61 bits per heavy atom. The second-order valence-corrected chi connectivity index (χ2v) is 6.70. The molecule has 0 aromatic heterocycles. The molecule has 0 aliphatic carbocycles. The van der Waals surface area contributed by atoms with Crippen LogP contribution >= 0.6 is 0 Å². The maximum absolute atomic E-state index is 12.2. The van der Waals surface area contributed by atoms with Crippen LogP contribution in [0.2, 0.25) is 0 Å². The number of piperidine rings is 1. The highest BCUT2D eigenvalue weighted by Gasteiger charge is 2.23. The molecule has 7 heteroatoms. The third-order valence-corrected chi connectivity index (χ3v) is 3.64. The van der Waals surface area contributed by atoms with Crippen LogP contribution < -0.4 is 0 Å². The Balaban J connectivity index is 2.47. The number of hydrogen-bond acceptors (Lipinski definition) is 4. The van der Waals surface area contributed by atoms with E-state index in [4.69, 9.17) is 16.7 Å². The molecule has 1 aliphatic heterocycles. The van der Waals surface area contributed by atoms with E-state index in [0.29, 0.717) is 19.5 Å². The van der Waals surface area contributed by atoms with E-state index in [1.807, 2.05) is 20.8 Å². The number of amides is 1. The molecule has 1 fully saturated rings. The smallest absolute Gasteiger partial charge is 0.410 e. The first-order chi connectivity index (χ1) is 10.9. The summed E-state index contributed by atoms with van der Waals surface area (Å²) >= 11 is 0. The molecule has 0 saturated carbocycles. The van der Waals surface area contributed by atoms with Gasteiger partial charge in [-0.15, -0.1) is 12.3 Å². The van der Waals surface area contributed by atoms with Crippen LogP contribution in [0.5, 0.6) is 0 Å².